The summed E-state index contributed by atoms with van der Waals surface area (Å²) in [6.45, 7) is 19.7. The van der Waals surface area contributed by atoms with E-state index >= 15 is 0 Å². The molecule has 0 saturated heterocycles. The van der Waals surface area contributed by atoms with Crippen LogP contribution in [0.1, 0.15) is 99.8 Å². The summed E-state index contributed by atoms with van der Waals surface area (Å²) in [5.41, 5.74) is 0.838. The summed E-state index contributed by atoms with van der Waals surface area (Å²) >= 11 is 0. The van der Waals surface area contributed by atoms with Crippen LogP contribution >= 0.6 is 0 Å². The molecule has 0 atom stereocenters. The summed E-state index contributed by atoms with van der Waals surface area (Å²) in [6, 6.07) is 8.08. The lowest BCUT2D eigenvalue weighted by Crippen LogP contribution is -2.46. The molecule has 0 aliphatic rings. The molecule has 14 nitrogen and oxygen atoms in total. The van der Waals surface area contributed by atoms with Gasteiger partial charge >= 0.3 is 42.8 Å². The Labute approximate surface area is 327 Å². The number of aliphatic imine (C=N–C) groups is 1. The highest BCUT2D eigenvalue weighted by Gasteiger charge is 2.31. The zero-order valence-electron chi connectivity index (χ0n) is 33.8. The van der Waals surface area contributed by atoms with Crippen molar-refractivity contribution in [1.82, 2.24) is 16.0 Å². The van der Waals surface area contributed by atoms with Gasteiger partial charge in [-0.2, -0.15) is 31.3 Å². The quantitative estimate of drug-likeness (QED) is 0.0744. The van der Waals surface area contributed by atoms with Gasteiger partial charge in [0, 0.05) is 12.1 Å². The van der Waals surface area contributed by atoms with Gasteiger partial charge in [-0.15, -0.1) is 0 Å². The van der Waals surface area contributed by atoms with Gasteiger partial charge in [0.2, 0.25) is 0 Å². The maximum absolute atomic E-state index is 12.9. The molecular formula is C37H51F6N5O9. The number of nitrogens with two attached hydrogens (primary N) is 1. The Morgan fingerprint density at radius 1 is 0.561 bits per heavy atom. The van der Waals surface area contributed by atoms with Crippen molar-refractivity contribution in [2.24, 2.45) is 4.99 Å². The highest BCUT2D eigenvalue weighted by Crippen LogP contribution is 2.30. The number of nitrogen functional groups attached to an aromatic ring is 1. The first-order valence-electron chi connectivity index (χ1n) is 16.9. The number of alkyl carbamates (subject to hydrolysis) is 3. The number of anilines is 1. The van der Waals surface area contributed by atoms with Crippen LogP contribution in [0.25, 0.3) is 0 Å². The molecule has 0 spiro atoms. The molecule has 2 rings (SSSR count). The lowest BCUT2D eigenvalue weighted by Gasteiger charge is -2.21. The van der Waals surface area contributed by atoms with Gasteiger partial charge in [0.05, 0.1) is 11.1 Å². The first kappa shape index (κ1) is 51.4. The summed E-state index contributed by atoms with van der Waals surface area (Å²) in [5.74, 6) is -0.192. The van der Waals surface area contributed by atoms with Crippen LogP contribution < -0.4 is 21.7 Å². The molecule has 5 N–H and O–H groups in total. The fourth-order valence-electron chi connectivity index (χ4n) is 3.52. The molecule has 320 valence electrons. The monoisotopic (exact) mass is 823 g/mol. The first-order valence-corrected chi connectivity index (χ1v) is 16.9. The third kappa shape index (κ3) is 26.8. The van der Waals surface area contributed by atoms with E-state index in [4.69, 9.17) is 24.7 Å². The van der Waals surface area contributed by atoms with E-state index in [9.17, 15) is 50.3 Å². The van der Waals surface area contributed by atoms with Gasteiger partial charge in [0.25, 0.3) is 0 Å². The molecule has 2 aromatic carbocycles. The van der Waals surface area contributed by atoms with E-state index in [1.807, 2.05) is 10.6 Å². The largest absolute Gasteiger partial charge is 0.444 e. The average molecular weight is 824 g/mol. The van der Waals surface area contributed by atoms with Gasteiger partial charge in [-0.05, 0) is 113 Å². The number of urea groups is 1. The number of ether oxygens (including phenoxy) is 4. The van der Waals surface area contributed by atoms with E-state index in [1.165, 1.54) is 24.3 Å². The SMILES string of the molecule is CC(C)(C)OC(=O)N=C(Cc1cccc(C(F)(F)F)c1)NC(=O)OC(C)(C)C.CC(C)(C)OC(=O)NC(=O)NC(=O)OC(C)(C)C.Nc1cccc(C(F)(F)F)c1. The summed E-state index contributed by atoms with van der Waals surface area (Å²) < 4.78 is 94.3. The lowest BCUT2D eigenvalue weighted by molar-refractivity contribution is -0.138. The van der Waals surface area contributed by atoms with Gasteiger partial charge in [0.15, 0.2) is 0 Å². The van der Waals surface area contributed by atoms with Gasteiger partial charge in [-0.3, -0.25) is 5.32 Å². The van der Waals surface area contributed by atoms with Crippen LogP contribution in [0.2, 0.25) is 0 Å². The summed E-state index contributed by atoms with van der Waals surface area (Å²) in [7, 11) is 0. The molecule has 2 aromatic rings. The summed E-state index contributed by atoms with van der Waals surface area (Å²) in [6.07, 6.45) is -12.8. The predicted molar refractivity (Wildman–Crippen MR) is 198 cm³/mol. The molecule has 0 saturated carbocycles. The number of hydrogen-bond acceptors (Lipinski definition) is 10. The summed E-state index contributed by atoms with van der Waals surface area (Å²) in [4.78, 5) is 61.2. The minimum absolute atomic E-state index is 0.125. The van der Waals surface area contributed by atoms with Gasteiger partial charge in [0.1, 0.15) is 28.2 Å². The minimum atomic E-state index is -4.52. The second-order valence-electron chi connectivity index (χ2n) is 15.7. The predicted octanol–water partition coefficient (Wildman–Crippen LogP) is 9.55. The average Bonchev–Trinajstić information content (AvgIpc) is 2.92. The van der Waals surface area contributed by atoms with E-state index in [0.29, 0.717) is 0 Å². The highest BCUT2D eigenvalue weighted by molar-refractivity contribution is 6.01. The maximum Gasteiger partial charge on any atom is 0.435 e. The number of benzene rings is 2. The molecule has 0 fully saturated rings. The van der Waals surface area contributed by atoms with Crippen molar-refractivity contribution in [3.05, 3.63) is 65.2 Å². The molecule has 6 amide bonds. The zero-order valence-corrected chi connectivity index (χ0v) is 33.8. The number of amides is 6. The number of carbonyl (C=O) groups is 5. The Hall–Kier alpha value is -5.56. The number of imide groups is 2. The number of nitrogens with zero attached hydrogens (tertiary/aromatic N) is 1. The van der Waals surface area contributed by atoms with Gasteiger partial charge in [-0.1, -0.05) is 24.3 Å². The molecule has 0 aromatic heterocycles. The Kier molecular flexibility index (Phi) is 18.6. The second-order valence-corrected chi connectivity index (χ2v) is 15.7. The molecule has 0 radical (unpaired) electrons. The van der Waals surface area contributed by atoms with Crippen LogP contribution in [0.5, 0.6) is 0 Å². The molecule has 0 unspecified atom stereocenters. The molecule has 57 heavy (non-hydrogen) atoms. The van der Waals surface area contributed by atoms with Gasteiger partial charge < -0.3 is 24.7 Å². The van der Waals surface area contributed by atoms with Crippen molar-refractivity contribution in [3.8, 4) is 0 Å². The Bertz CT molecular complexity index is 1690. The molecule has 0 aliphatic heterocycles. The number of nitrogens with one attached hydrogen (secondary N) is 3. The Morgan fingerprint density at radius 3 is 1.28 bits per heavy atom. The van der Waals surface area contributed by atoms with Crippen molar-refractivity contribution in [3.63, 3.8) is 0 Å². The number of rotatable bonds is 2. The summed E-state index contributed by atoms with van der Waals surface area (Å²) in [5, 5.41) is 5.99. The van der Waals surface area contributed by atoms with Crippen LogP contribution in [0.3, 0.4) is 0 Å². The third-order valence-electron chi connectivity index (χ3n) is 5.33. The van der Waals surface area contributed by atoms with Crippen LogP contribution in [-0.4, -0.2) is 58.6 Å². The number of amidine groups is 1. The van der Waals surface area contributed by atoms with Crippen molar-refractivity contribution in [2.75, 3.05) is 5.73 Å². The van der Waals surface area contributed by atoms with Crippen molar-refractivity contribution in [2.45, 2.75) is 124 Å². The number of hydrogen-bond donors (Lipinski definition) is 4. The Morgan fingerprint density at radius 2 is 0.930 bits per heavy atom. The van der Waals surface area contributed by atoms with E-state index < -0.39 is 76.3 Å². The molecule has 0 aliphatic carbocycles. The second kappa shape index (κ2) is 20.6. The van der Waals surface area contributed by atoms with E-state index in [2.05, 4.69) is 10.3 Å². The maximum atomic E-state index is 12.9. The smallest absolute Gasteiger partial charge is 0.435 e. The van der Waals surface area contributed by atoms with E-state index in [1.54, 1.807) is 83.1 Å². The van der Waals surface area contributed by atoms with Crippen LogP contribution in [-0.2, 0) is 37.7 Å². The minimum Gasteiger partial charge on any atom is -0.444 e. The Balaban J connectivity index is 0.000000919. The molecule has 20 heteroatoms. The van der Waals surface area contributed by atoms with E-state index in [-0.39, 0.29) is 23.5 Å². The normalized spacial score (nSPS) is 12.3. The van der Waals surface area contributed by atoms with Crippen LogP contribution in [0.15, 0.2) is 53.5 Å². The molecular weight excluding hydrogens is 772 g/mol. The molecule has 0 bridgehead atoms. The van der Waals surface area contributed by atoms with Crippen molar-refractivity contribution < 1.29 is 69.3 Å². The first-order chi connectivity index (χ1) is 25.4. The number of alkyl halides is 6. The van der Waals surface area contributed by atoms with Gasteiger partial charge in [-0.25, -0.2) is 34.6 Å². The topological polar surface area (TPSA) is 197 Å². The standard InChI is InChI=1S/C19H25F3N2O4.C11H20N2O5.C7H6F3N/c1-17(2,3)27-15(25)23-14(24-16(26)28-18(4,5)6)11-12-8-7-9-13(10-12)19(20,21)22;1-10(2,3)17-8(15)12-7(14)13-9(16)18-11(4,5)6;8-7(9,10)5-2-1-3-6(11)4-5/h7-10H,11H2,1-6H3,(H,23,24,25,26);1-6H3,(H2,12,13,14,15,16);1-4H,11H2. The molecule has 0 heterocycles. The lowest BCUT2D eigenvalue weighted by atomic mass is 10.1. The van der Waals surface area contributed by atoms with Crippen LogP contribution in [0.4, 0.5) is 56.0 Å². The fourth-order valence-corrected chi connectivity index (χ4v) is 3.52. The van der Waals surface area contributed by atoms with Crippen LogP contribution in [0, 0.1) is 0 Å². The highest BCUT2D eigenvalue weighted by atomic mass is 19.4. The third-order valence-corrected chi connectivity index (χ3v) is 5.33. The van der Waals surface area contributed by atoms with Crippen molar-refractivity contribution in [1.29, 1.82) is 0 Å². The van der Waals surface area contributed by atoms with E-state index in [0.717, 1.165) is 24.3 Å². The number of halogens is 6. The number of carbonyl (C=O) groups excluding carboxylic acids is 5. The fraction of sp³-hybridized carbons (Fsp3) is 0.514. The zero-order chi connectivity index (χ0) is 44.8. The van der Waals surface area contributed by atoms with Crippen molar-refractivity contribution >= 4 is 41.9 Å².